The highest BCUT2D eigenvalue weighted by molar-refractivity contribution is 5.34. The number of para-hydroxylation sites is 1. The fraction of sp³-hybridized carbons (Fsp3) is 0.625. The lowest BCUT2D eigenvalue weighted by Gasteiger charge is -2.29. The number of phenolic OH excluding ortho intramolecular Hbond substituents is 1. The number of nitrogens with one attached hydrogen (secondary N) is 1. The van der Waals surface area contributed by atoms with Gasteiger partial charge >= 0.3 is 0 Å². The Morgan fingerprint density at radius 1 is 1.22 bits per heavy atom. The monoisotopic (exact) mass is 249 g/mol. The average Bonchev–Trinajstić information content (AvgIpc) is 2.30. The predicted molar refractivity (Wildman–Crippen MR) is 77.8 cm³/mol. The molecule has 0 aliphatic carbocycles. The second kappa shape index (κ2) is 6.24. The van der Waals surface area contributed by atoms with E-state index in [2.05, 4.69) is 39.9 Å². The minimum atomic E-state index is 0.232. The van der Waals surface area contributed by atoms with Crippen molar-refractivity contribution in [1.82, 2.24) is 5.32 Å². The number of benzene rings is 1. The molecule has 102 valence electrons. The fourth-order valence-electron chi connectivity index (χ4n) is 1.88. The molecule has 0 fully saturated rings. The Morgan fingerprint density at radius 3 is 2.33 bits per heavy atom. The molecule has 0 radical (unpaired) electrons. The summed E-state index contributed by atoms with van der Waals surface area (Å²) >= 11 is 0. The summed E-state index contributed by atoms with van der Waals surface area (Å²) < 4.78 is 0. The summed E-state index contributed by atoms with van der Waals surface area (Å²) in [6.45, 7) is 12.2. The molecule has 0 saturated heterocycles. The number of aromatic hydroxyl groups is 1. The first-order valence-corrected chi connectivity index (χ1v) is 6.87. The highest BCUT2D eigenvalue weighted by atomic mass is 16.3. The molecule has 2 N–H and O–H groups in total. The van der Waals surface area contributed by atoms with Crippen LogP contribution in [0.4, 0.5) is 0 Å². The van der Waals surface area contributed by atoms with Gasteiger partial charge in [0.15, 0.2) is 0 Å². The molecule has 18 heavy (non-hydrogen) atoms. The van der Waals surface area contributed by atoms with Gasteiger partial charge in [-0.25, -0.2) is 0 Å². The summed E-state index contributed by atoms with van der Waals surface area (Å²) in [6, 6.07) is 7.83. The zero-order chi connectivity index (χ0) is 13.8. The lowest BCUT2D eigenvalue weighted by molar-refractivity contribution is 0.244. The van der Waals surface area contributed by atoms with Crippen LogP contribution in [0, 0.1) is 11.3 Å². The first kappa shape index (κ1) is 15.0. The van der Waals surface area contributed by atoms with Crippen LogP contribution in [-0.2, 0) is 0 Å². The zero-order valence-corrected chi connectivity index (χ0v) is 12.3. The molecule has 0 bridgehead atoms. The van der Waals surface area contributed by atoms with Crippen molar-refractivity contribution in [2.45, 2.75) is 47.1 Å². The van der Waals surface area contributed by atoms with Gasteiger partial charge in [-0.05, 0) is 30.4 Å². The Hall–Kier alpha value is -1.02. The Kier molecular flexibility index (Phi) is 5.21. The first-order valence-electron chi connectivity index (χ1n) is 6.87. The van der Waals surface area contributed by atoms with E-state index in [0.717, 1.165) is 18.5 Å². The maximum atomic E-state index is 9.90. The van der Waals surface area contributed by atoms with E-state index in [4.69, 9.17) is 0 Å². The van der Waals surface area contributed by atoms with E-state index in [1.54, 1.807) is 6.07 Å². The van der Waals surface area contributed by atoms with Crippen LogP contribution in [0.25, 0.3) is 0 Å². The molecular formula is C16H27NO. The van der Waals surface area contributed by atoms with Crippen LogP contribution in [0.1, 0.15) is 52.6 Å². The third-order valence-corrected chi connectivity index (χ3v) is 3.87. The smallest absolute Gasteiger partial charge is 0.120 e. The Labute approximate surface area is 111 Å². The largest absolute Gasteiger partial charge is 0.508 e. The lowest BCUT2D eigenvalue weighted by Crippen LogP contribution is -2.32. The van der Waals surface area contributed by atoms with Crippen LogP contribution in [0.3, 0.4) is 0 Å². The van der Waals surface area contributed by atoms with Crippen LogP contribution in [0.2, 0.25) is 0 Å². The van der Waals surface area contributed by atoms with Gasteiger partial charge in [-0.2, -0.15) is 0 Å². The molecule has 2 atom stereocenters. The van der Waals surface area contributed by atoms with E-state index in [-0.39, 0.29) is 6.04 Å². The van der Waals surface area contributed by atoms with Crippen molar-refractivity contribution < 1.29 is 5.11 Å². The molecule has 0 aromatic heterocycles. The standard InChI is InChI=1S/C16H27NO/c1-6-14(13-9-7-8-10-15(13)18)17-11-12(2)16(3,4)5/h7-10,12,14,17-18H,6,11H2,1-5H3. The SMILES string of the molecule is CCC(NCC(C)C(C)(C)C)c1ccccc1O. The molecule has 0 saturated carbocycles. The van der Waals surface area contributed by atoms with Crippen LogP contribution in [0.15, 0.2) is 24.3 Å². The second-order valence-electron chi connectivity index (χ2n) is 6.19. The van der Waals surface area contributed by atoms with Gasteiger partial charge in [0.2, 0.25) is 0 Å². The van der Waals surface area contributed by atoms with Gasteiger partial charge in [0.1, 0.15) is 5.75 Å². The molecule has 0 aliphatic heterocycles. The zero-order valence-electron chi connectivity index (χ0n) is 12.3. The van der Waals surface area contributed by atoms with Crippen LogP contribution >= 0.6 is 0 Å². The van der Waals surface area contributed by atoms with Crippen LogP contribution in [0.5, 0.6) is 5.75 Å². The van der Waals surface area contributed by atoms with Gasteiger partial charge in [0, 0.05) is 11.6 Å². The Bertz CT molecular complexity index is 368. The lowest BCUT2D eigenvalue weighted by atomic mass is 9.82. The molecule has 1 aromatic carbocycles. The number of hydrogen-bond acceptors (Lipinski definition) is 2. The average molecular weight is 249 g/mol. The number of phenols is 1. The molecule has 0 amide bonds. The quantitative estimate of drug-likeness (QED) is 0.823. The van der Waals surface area contributed by atoms with E-state index in [0.29, 0.717) is 17.1 Å². The summed E-state index contributed by atoms with van der Waals surface area (Å²) in [5.74, 6) is 0.984. The Balaban J connectivity index is 2.67. The van der Waals surface area contributed by atoms with Gasteiger partial charge < -0.3 is 10.4 Å². The summed E-state index contributed by atoms with van der Waals surface area (Å²) in [5.41, 5.74) is 1.31. The highest BCUT2D eigenvalue weighted by Gasteiger charge is 2.21. The van der Waals surface area contributed by atoms with Crippen molar-refractivity contribution in [3.8, 4) is 5.75 Å². The number of rotatable bonds is 5. The molecule has 2 nitrogen and oxygen atoms in total. The molecule has 1 rings (SSSR count). The van der Waals surface area contributed by atoms with E-state index in [1.165, 1.54) is 0 Å². The van der Waals surface area contributed by atoms with E-state index in [1.807, 2.05) is 18.2 Å². The van der Waals surface area contributed by atoms with Gasteiger partial charge in [0.05, 0.1) is 0 Å². The number of hydrogen-bond donors (Lipinski definition) is 2. The Morgan fingerprint density at radius 2 is 1.83 bits per heavy atom. The van der Waals surface area contributed by atoms with E-state index in [9.17, 15) is 5.11 Å². The van der Waals surface area contributed by atoms with Crippen LogP contribution < -0.4 is 5.32 Å². The van der Waals surface area contributed by atoms with E-state index < -0.39 is 0 Å². The van der Waals surface area contributed by atoms with Gasteiger partial charge in [-0.15, -0.1) is 0 Å². The molecule has 2 heteroatoms. The van der Waals surface area contributed by atoms with Crippen molar-refractivity contribution >= 4 is 0 Å². The molecule has 0 heterocycles. The minimum absolute atomic E-state index is 0.232. The first-order chi connectivity index (χ1) is 8.36. The van der Waals surface area contributed by atoms with Crippen molar-refractivity contribution in [2.24, 2.45) is 11.3 Å². The fourth-order valence-corrected chi connectivity index (χ4v) is 1.88. The molecule has 0 spiro atoms. The van der Waals surface area contributed by atoms with E-state index >= 15 is 0 Å². The highest BCUT2D eigenvalue weighted by Crippen LogP contribution is 2.28. The van der Waals surface area contributed by atoms with Gasteiger partial charge in [-0.1, -0.05) is 52.8 Å². The normalized spacial score (nSPS) is 15.4. The maximum absolute atomic E-state index is 9.90. The van der Waals surface area contributed by atoms with Crippen LogP contribution in [-0.4, -0.2) is 11.7 Å². The third kappa shape index (κ3) is 4.02. The molecule has 1 aromatic rings. The second-order valence-corrected chi connectivity index (χ2v) is 6.19. The van der Waals surface area contributed by atoms with Crippen molar-refractivity contribution in [1.29, 1.82) is 0 Å². The van der Waals surface area contributed by atoms with Crippen molar-refractivity contribution in [3.63, 3.8) is 0 Å². The molecular weight excluding hydrogens is 222 g/mol. The summed E-state index contributed by atoms with van der Waals surface area (Å²) in [5, 5.41) is 13.5. The maximum Gasteiger partial charge on any atom is 0.120 e. The topological polar surface area (TPSA) is 32.3 Å². The third-order valence-electron chi connectivity index (χ3n) is 3.87. The molecule has 0 aliphatic rings. The predicted octanol–water partition coefficient (Wildman–Crippen LogP) is 4.12. The summed E-state index contributed by atoms with van der Waals surface area (Å²) in [4.78, 5) is 0. The van der Waals surface area contributed by atoms with Crippen molar-refractivity contribution in [3.05, 3.63) is 29.8 Å². The van der Waals surface area contributed by atoms with Gasteiger partial charge in [0.25, 0.3) is 0 Å². The summed E-state index contributed by atoms with van der Waals surface area (Å²) in [7, 11) is 0. The van der Waals surface area contributed by atoms with Gasteiger partial charge in [-0.3, -0.25) is 0 Å². The minimum Gasteiger partial charge on any atom is -0.508 e. The van der Waals surface area contributed by atoms with Crippen molar-refractivity contribution in [2.75, 3.05) is 6.54 Å². The summed E-state index contributed by atoms with van der Waals surface area (Å²) in [6.07, 6.45) is 0.981. The molecule has 2 unspecified atom stereocenters.